The molecule has 0 saturated carbocycles. The third kappa shape index (κ3) is 37.9. The molecule has 0 atom stereocenters. The Bertz CT molecular complexity index is 1800. The second-order valence-electron chi connectivity index (χ2n) is 15.1. The Hall–Kier alpha value is -6.59. The van der Waals surface area contributed by atoms with E-state index in [0.29, 0.717) is 43.5 Å². The van der Waals surface area contributed by atoms with Crippen LogP contribution in [0.3, 0.4) is 0 Å². The Kier molecular flexibility index (Phi) is 45.8. The molecular weight excluding hydrogens is 945 g/mol. The van der Waals surface area contributed by atoms with Crippen molar-refractivity contribution < 1.29 is 109 Å². The Balaban J connectivity index is -0.000000371. The molecule has 1 heterocycles. The van der Waals surface area contributed by atoms with Crippen LogP contribution in [0.2, 0.25) is 0 Å². The highest BCUT2D eigenvalue weighted by molar-refractivity contribution is 6.14. The smallest absolute Gasteiger partial charge is 0.346 e. The van der Waals surface area contributed by atoms with Crippen molar-refractivity contribution >= 4 is 53.9 Å². The van der Waals surface area contributed by atoms with Crippen molar-refractivity contribution in [2.45, 2.75) is 97.3 Å². The fourth-order valence-electron chi connectivity index (χ4n) is 4.45. The summed E-state index contributed by atoms with van der Waals surface area (Å²) in [6.07, 6.45) is 12.2. The van der Waals surface area contributed by atoms with Gasteiger partial charge in [0.2, 0.25) is 12.2 Å². The van der Waals surface area contributed by atoms with Gasteiger partial charge < -0.3 is 66.0 Å². The van der Waals surface area contributed by atoms with E-state index in [0.717, 1.165) is 57.4 Å². The number of rotatable bonds is 26. The number of aliphatic imine (C=N–C) groups is 2. The van der Waals surface area contributed by atoms with Gasteiger partial charge in [-0.3, -0.25) is 14.4 Å². The van der Waals surface area contributed by atoms with Crippen LogP contribution >= 0.6 is 0 Å². The van der Waals surface area contributed by atoms with Gasteiger partial charge in [0.05, 0.1) is 68.4 Å². The van der Waals surface area contributed by atoms with Crippen molar-refractivity contribution in [3.05, 3.63) is 70.8 Å². The molecular formula is C47H70N2O22. The van der Waals surface area contributed by atoms with Gasteiger partial charge in [-0.15, -0.1) is 0 Å². The van der Waals surface area contributed by atoms with E-state index in [-0.39, 0.29) is 57.0 Å². The van der Waals surface area contributed by atoms with Crippen LogP contribution in [0.4, 0.5) is 0 Å². The minimum atomic E-state index is -1.39. The number of nitrogens with zero attached hydrogens (tertiary/aromatic N) is 2. The molecule has 3 rings (SSSR count). The molecule has 12 N–H and O–H groups in total. The minimum absolute atomic E-state index is 0.0186. The van der Waals surface area contributed by atoms with E-state index in [2.05, 4.69) is 14.7 Å². The fraction of sp³-hybridized carbons (Fsp3) is 0.553. The number of cyclic esters (lactones) is 2. The predicted molar refractivity (Wildman–Crippen MR) is 251 cm³/mol. The molecule has 24 nitrogen and oxygen atoms in total. The molecule has 0 spiro atoms. The number of aliphatic hydroxyl groups excluding tert-OH is 7. The highest BCUT2D eigenvalue weighted by atomic mass is 16.6. The molecule has 0 amide bonds. The van der Waals surface area contributed by atoms with Gasteiger partial charge in [0, 0.05) is 31.5 Å². The quantitative estimate of drug-likeness (QED) is 0.0212. The van der Waals surface area contributed by atoms with E-state index in [1.165, 1.54) is 37.3 Å². The number of benzene rings is 2. The number of carbonyl (C=O) groups excluding carboxylic acids is 4. The van der Waals surface area contributed by atoms with Crippen LogP contribution in [-0.4, -0.2) is 175 Å². The van der Waals surface area contributed by atoms with Crippen LogP contribution in [0.5, 0.6) is 0 Å². The number of carboxylic acids is 5. The normalized spacial score (nSPS) is 10.6. The molecule has 2 aromatic carbocycles. The molecule has 24 heteroatoms. The SMILES string of the molecule is CC(CO)(CO)C(=O)O.CCC(CO)(CO)CO.O=C(O)CCCCC(=O)O.O=C(O)c1cccc(C(=O)O)c1.O=C1OC(=O)c2ccccc21.O=C=NCCCCCCN=C=O.OCCCCCCO. The second kappa shape index (κ2) is 45.8. The molecule has 71 heavy (non-hydrogen) atoms. The molecule has 0 fully saturated rings. The molecule has 0 aromatic heterocycles. The minimum Gasteiger partial charge on any atom is -0.481 e. The molecule has 0 bridgehead atoms. The van der Waals surface area contributed by atoms with Crippen molar-refractivity contribution in [2.75, 3.05) is 59.3 Å². The first-order valence-electron chi connectivity index (χ1n) is 22.1. The monoisotopic (exact) mass is 1010 g/mol. The number of aliphatic hydroxyl groups is 7. The highest BCUT2D eigenvalue weighted by Crippen LogP contribution is 2.19. The molecule has 0 radical (unpaired) electrons. The Morgan fingerprint density at radius 2 is 0.901 bits per heavy atom. The summed E-state index contributed by atoms with van der Waals surface area (Å²) in [6.45, 7) is 3.22. The predicted octanol–water partition coefficient (Wildman–Crippen LogP) is 2.97. The maximum absolute atomic E-state index is 10.8. The van der Waals surface area contributed by atoms with Crippen LogP contribution in [0, 0.1) is 10.8 Å². The van der Waals surface area contributed by atoms with Crippen LogP contribution in [0.25, 0.3) is 0 Å². The lowest BCUT2D eigenvalue weighted by molar-refractivity contribution is -0.153. The maximum atomic E-state index is 10.8. The number of hydrogen-bond donors (Lipinski definition) is 12. The molecule has 0 unspecified atom stereocenters. The van der Waals surface area contributed by atoms with Gasteiger partial charge >= 0.3 is 41.8 Å². The van der Waals surface area contributed by atoms with Crippen LogP contribution < -0.4 is 0 Å². The van der Waals surface area contributed by atoms with Gasteiger partial charge in [-0.2, -0.15) is 0 Å². The van der Waals surface area contributed by atoms with Crippen LogP contribution in [-0.2, 0) is 28.7 Å². The number of carboxylic acid groups (broad SMARTS) is 5. The van der Waals surface area contributed by atoms with E-state index in [1.807, 2.05) is 6.92 Å². The Labute approximate surface area is 410 Å². The lowest BCUT2D eigenvalue weighted by Gasteiger charge is -2.24. The molecule has 0 saturated heterocycles. The summed E-state index contributed by atoms with van der Waals surface area (Å²) in [4.78, 5) is 98.5. The van der Waals surface area contributed by atoms with E-state index in [1.54, 1.807) is 24.3 Å². The standard InChI is InChI=1S/C8H12N2O2.C8H6O4.C8H4O3.C6H10O4.C6H14O3.C6H14O2.C5H10O4/c11-7-9-5-3-1-2-4-6-10-8-12;9-7(10)5-2-1-3-6(4-5)8(11)12;9-7-5-3-1-2-4-6(5)8(10)11-7;7-5(8)3-1-2-4-6(9)10;1-2-6(3-7,4-8)5-9;7-5-3-1-2-4-6-8;1-5(2-6,3-7)4(8)9/h1-6H2;1-4H,(H,9,10)(H,11,12);1-4H;1-4H2,(H,7,8)(H,9,10);7-9H,2-5H2,1H3;7-8H,1-6H2;6-7H,2-3H2,1H3,(H,8,9). The first-order valence-corrected chi connectivity index (χ1v) is 22.1. The molecule has 0 aliphatic carbocycles. The van der Waals surface area contributed by atoms with Gasteiger partial charge in [-0.25, -0.2) is 38.8 Å². The van der Waals surface area contributed by atoms with E-state index in [4.69, 9.17) is 61.3 Å². The molecule has 400 valence electrons. The number of esters is 2. The summed E-state index contributed by atoms with van der Waals surface area (Å²) >= 11 is 0. The van der Waals surface area contributed by atoms with Crippen molar-refractivity contribution in [1.82, 2.24) is 0 Å². The zero-order chi connectivity index (χ0) is 55.1. The number of carbonyl (C=O) groups is 7. The van der Waals surface area contributed by atoms with Gasteiger partial charge in [-0.05, 0) is 82.2 Å². The zero-order valence-electron chi connectivity index (χ0n) is 40.0. The highest BCUT2D eigenvalue weighted by Gasteiger charge is 2.31. The van der Waals surface area contributed by atoms with Gasteiger partial charge in [0.25, 0.3) is 0 Å². The van der Waals surface area contributed by atoms with E-state index >= 15 is 0 Å². The third-order valence-electron chi connectivity index (χ3n) is 9.40. The van der Waals surface area contributed by atoms with E-state index in [9.17, 15) is 43.2 Å². The topological polar surface area (TPSA) is 430 Å². The Morgan fingerprint density at radius 3 is 1.14 bits per heavy atom. The molecule has 1 aliphatic rings. The van der Waals surface area contributed by atoms with Gasteiger partial charge in [-0.1, -0.05) is 50.8 Å². The first kappa shape index (κ1) is 71.0. The average molecular weight is 1020 g/mol. The van der Waals surface area contributed by atoms with Gasteiger partial charge in [0.1, 0.15) is 5.41 Å². The molecule has 1 aliphatic heterocycles. The first-order chi connectivity index (χ1) is 33.7. The number of aromatic carboxylic acids is 2. The lowest BCUT2D eigenvalue weighted by atomic mass is 9.88. The number of fused-ring (bicyclic) bond motifs is 1. The maximum Gasteiger partial charge on any atom is 0.346 e. The fourth-order valence-corrected chi connectivity index (χ4v) is 4.45. The number of aliphatic carboxylic acids is 3. The summed E-state index contributed by atoms with van der Waals surface area (Å²) in [5, 5.41) is 101. The van der Waals surface area contributed by atoms with Crippen molar-refractivity contribution in [3.8, 4) is 0 Å². The second-order valence-corrected chi connectivity index (χ2v) is 15.1. The number of ether oxygens (including phenoxy) is 1. The van der Waals surface area contributed by atoms with Crippen molar-refractivity contribution in [3.63, 3.8) is 0 Å². The summed E-state index contributed by atoms with van der Waals surface area (Å²) in [5.41, 5.74) is -1.38. The average Bonchev–Trinajstić information content (AvgIpc) is 3.66. The van der Waals surface area contributed by atoms with Crippen molar-refractivity contribution in [2.24, 2.45) is 20.8 Å². The summed E-state index contributed by atoms with van der Waals surface area (Å²) in [7, 11) is 0. The summed E-state index contributed by atoms with van der Waals surface area (Å²) in [5.74, 6) is -6.28. The molecule has 2 aromatic rings. The Morgan fingerprint density at radius 1 is 0.535 bits per heavy atom. The summed E-state index contributed by atoms with van der Waals surface area (Å²) < 4.78 is 4.35. The number of isocyanates is 2. The largest absolute Gasteiger partial charge is 0.481 e. The van der Waals surface area contributed by atoms with E-state index < -0.39 is 65.8 Å². The van der Waals surface area contributed by atoms with Crippen molar-refractivity contribution in [1.29, 1.82) is 0 Å². The van der Waals surface area contributed by atoms with Crippen LogP contribution in [0.1, 0.15) is 139 Å². The number of hydrogen-bond acceptors (Lipinski definition) is 19. The third-order valence-corrected chi connectivity index (χ3v) is 9.40. The summed E-state index contributed by atoms with van der Waals surface area (Å²) in [6, 6.07) is 11.7. The van der Waals surface area contributed by atoms with Gasteiger partial charge in [0.15, 0.2) is 0 Å². The zero-order valence-corrected chi connectivity index (χ0v) is 40.0. The van der Waals surface area contributed by atoms with Crippen LogP contribution in [0.15, 0.2) is 58.5 Å². The lowest BCUT2D eigenvalue weighted by Crippen LogP contribution is -2.35. The number of unbranched alkanes of at least 4 members (excludes halogenated alkanes) is 7.